The number of carbonyl (C=O) groups excluding carboxylic acids is 2. The Kier molecular flexibility index (Phi) is 4.91. The number of aromatic nitrogens is 2. The Labute approximate surface area is 157 Å². The van der Waals surface area contributed by atoms with Crippen LogP contribution >= 0.6 is 0 Å². The molecular formula is C19H23N5O3. The molecule has 0 atom stereocenters. The molecule has 27 heavy (non-hydrogen) atoms. The molecule has 1 aromatic heterocycles. The van der Waals surface area contributed by atoms with Crippen LogP contribution in [-0.2, 0) is 17.7 Å². The van der Waals surface area contributed by atoms with Crippen LogP contribution in [0.5, 0.6) is 0 Å². The fourth-order valence-electron chi connectivity index (χ4n) is 3.43. The molecule has 2 aliphatic heterocycles. The molecule has 4 rings (SSSR count). The molecule has 0 bridgehead atoms. The number of benzene rings is 1. The summed E-state index contributed by atoms with van der Waals surface area (Å²) in [7, 11) is 0. The van der Waals surface area contributed by atoms with Crippen molar-refractivity contribution in [3.63, 3.8) is 0 Å². The monoisotopic (exact) mass is 369 g/mol. The van der Waals surface area contributed by atoms with E-state index in [1.165, 1.54) is 0 Å². The van der Waals surface area contributed by atoms with E-state index in [0.29, 0.717) is 49.8 Å². The van der Waals surface area contributed by atoms with Crippen LogP contribution in [0, 0.1) is 6.92 Å². The first-order valence-corrected chi connectivity index (χ1v) is 9.19. The molecule has 2 aliphatic rings. The number of fused-ring (bicyclic) bond motifs is 1. The average Bonchev–Trinajstić information content (AvgIpc) is 3.14. The highest BCUT2D eigenvalue weighted by Crippen LogP contribution is 2.21. The van der Waals surface area contributed by atoms with Gasteiger partial charge in [0.05, 0.1) is 13.2 Å². The minimum atomic E-state index is -0.268. The summed E-state index contributed by atoms with van der Waals surface area (Å²) in [6.07, 6.45) is 0.832. The number of hydrogen-bond acceptors (Lipinski definition) is 5. The zero-order chi connectivity index (χ0) is 18.8. The number of aryl methyl sites for hydroxylation is 1. The average molecular weight is 369 g/mol. The number of carbonyl (C=O) groups is 2. The van der Waals surface area contributed by atoms with E-state index >= 15 is 0 Å². The molecule has 8 nitrogen and oxygen atoms in total. The third-order valence-electron chi connectivity index (χ3n) is 5.05. The van der Waals surface area contributed by atoms with Crippen LogP contribution in [0.25, 0.3) is 0 Å². The van der Waals surface area contributed by atoms with Crippen LogP contribution < -0.4 is 10.6 Å². The number of anilines is 1. The minimum Gasteiger partial charge on any atom is -0.378 e. The number of nitrogens with one attached hydrogen (secondary N) is 3. The quantitative estimate of drug-likeness (QED) is 0.752. The molecule has 1 fully saturated rings. The number of rotatable bonds is 3. The van der Waals surface area contributed by atoms with E-state index < -0.39 is 0 Å². The molecule has 0 radical (unpaired) electrons. The van der Waals surface area contributed by atoms with Crippen LogP contribution in [0.2, 0.25) is 0 Å². The van der Waals surface area contributed by atoms with Crippen LogP contribution in [0.3, 0.4) is 0 Å². The van der Waals surface area contributed by atoms with Crippen molar-refractivity contribution < 1.29 is 14.3 Å². The van der Waals surface area contributed by atoms with Crippen LogP contribution in [-0.4, -0.2) is 59.8 Å². The number of amides is 2. The predicted octanol–water partition coefficient (Wildman–Crippen LogP) is 1.09. The van der Waals surface area contributed by atoms with E-state index in [1.54, 1.807) is 17.0 Å². The SMILES string of the molecule is Cc1ccc(C(=O)N2CCOCC2)cc1NC(=O)c1n[nH]c2c1CNCC2. The highest BCUT2D eigenvalue weighted by atomic mass is 16.5. The van der Waals surface area contributed by atoms with Crippen molar-refractivity contribution in [1.29, 1.82) is 0 Å². The highest BCUT2D eigenvalue weighted by molar-refractivity contribution is 6.05. The van der Waals surface area contributed by atoms with Crippen LogP contribution in [0.4, 0.5) is 5.69 Å². The molecule has 1 saturated heterocycles. The van der Waals surface area contributed by atoms with Gasteiger partial charge < -0.3 is 20.3 Å². The van der Waals surface area contributed by atoms with Gasteiger partial charge in [-0.1, -0.05) is 6.07 Å². The summed E-state index contributed by atoms with van der Waals surface area (Å²) < 4.78 is 5.30. The second-order valence-corrected chi connectivity index (χ2v) is 6.84. The highest BCUT2D eigenvalue weighted by Gasteiger charge is 2.23. The van der Waals surface area contributed by atoms with Crippen molar-refractivity contribution in [2.24, 2.45) is 0 Å². The van der Waals surface area contributed by atoms with Gasteiger partial charge >= 0.3 is 0 Å². The number of H-pyrrole nitrogens is 1. The Morgan fingerprint density at radius 1 is 1.26 bits per heavy atom. The first-order chi connectivity index (χ1) is 13.1. The molecule has 0 saturated carbocycles. The van der Waals surface area contributed by atoms with Crippen molar-refractivity contribution in [2.75, 3.05) is 38.2 Å². The second-order valence-electron chi connectivity index (χ2n) is 6.84. The minimum absolute atomic E-state index is 0.0462. The van der Waals surface area contributed by atoms with Crippen molar-refractivity contribution in [1.82, 2.24) is 20.4 Å². The summed E-state index contributed by atoms with van der Waals surface area (Å²) in [6, 6.07) is 5.39. The lowest BCUT2D eigenvalue weighted by Gasteiger charge is -2.27. The Balaban J connectivity index is 1.54. The predicted molar refractivity (Wildman–Crippen MR) is 99.9 cm³/mol. The number of morpholine rings is 1. The Morgan fingerprint density at radius 3 is 2.89 bits per heavy atom. The molecule has 0 aliphatic carbocycles. The van der Waals surface area contributed by atoms with Crippen LogP contribution in [0.15, 0.2) is 18.2 Å². The van der Waals surface area contributed by atoms with E-state index in [0.717, 1.165) is 29.8 Å². The molecule has 3 heterocycles. The molecule has 0 unspecified atom stereocenters. The zero-order valence-corrected chi connectivity index (χ0v) is 15.3. The molecule has 2 amide bonds. The molecule has 0 spiro atoms. The number of ether oxygens (including phenoxy) is 1. The summed E-state index contributed by atoms with van der Waals surface area (Å²) in [4.78, 5) is 27.2. The van der Waals surface area contributed by atoms with E-state index in [-0.39, 0.29) is 11.8 Å². The first kappa shape index (κ1) is 17.7. The van der Waals surface area contributed by atoms with Gasteiger partial charge in [0.2, 0.25) is 0 Å². The van der Waals surface area contributed by atoms with E-state index in [9.17, 15) is 9.59 Å². The van der Waals surface area contributed by atoms with Crippen molar-refractivity contribution in [3.8, 4) is 0 Å². The van der Waals surface area contributed by atoms with Gasteiger partial charge in [-0.15, -0.1) is 0 Å². The van der Waals surface area contributed by atoms with Crippen LogP contribution in [0.1, 0.15) is 37.7 Å². The molecule has 3 N–H and O–H groups in total. The molecule has 142 valence electrons. The van der Waals surface area contributed by atoms with Crippen molar-refractivity contribution >= 4 is 17.5 Å². The lowest BCUT2D eigenvalue weighted by Crippen LogP contribution is -2.40. The van der Waals surface area contributed by atoms with Gasteiger partial charge in [-0.2, -0.15) is 5.10 Å². The number of aromatic amines is 1. The maximum Gasteiger partial charge on any atom is 0.276 e. The van der Waals surface area contributed by atoms with E-state index in [4.69, 9.17) is 4.74 Å². The third-order valence-corrected chi connectivity index (χ3v) is 5.05. The Morgan fingerprint density at radius 2 is 2.07 bits per heavy atom. The molecular weight excluding hydrogens is 346 g/mol. The van der Waals surface area contributed by atoms with Gasteiger partial charge in [0, 0.05) is 55.1 Å². The second kappa shape index (κ2) is 7.50. The van der Waals surface area contributed by atoms with Crippen molar-refractivity contribution in [2.45, 2.75) is 19.9 Å². The number of hydrogen-bond donors (Lipinski definition) is 3. The fourth-order valence-corrected chi connectivity index (χ4v) is 3.43. The number of nitrogens with zero attached hydrogens (tertiary/aromatic N) is 2. The first-order valence-electron chi connectivity index (χ1n) is 9.19. The summed E-state index contributed by atoms with van der Waals surface area (Å²) in [5.74, 6) is -0.314. The van der Waals surface area contributed by atoms with Gasteiger partial charge in [0.15, 0.2) is 5.69 Å². The third kappa shape index (κ3) is 3.58. The van der Waals surface area contributed by atoms with Gasteiger partial charge in [0.1, 0.15) is 0 Å². The topological polar surface area (TPSA) is 99.3 Å². The molecule has 1 aromatic carbocycles. The summed E-state index contributed by atoms with van der Waals surface area (Å²) >= 11 is 0. The summed E-state index contributed by atoms with van der Waals surface area (Å²) in [5.41, 5.74) is 4.40. The normalized spacial score (nSPS) is 16.7. The zero-order valence-electron chi connectivity index (χ0n) is 15.3. The van der Waals surface area contributed by atoms with Crippen molar-refractivity contribution in [3.05, 3.63) is 46.3 Å². The summed E-state index contributed by atoms with van der Waals surface area (Å²) in [6.45, 7) is 5.69. The largest absolute Gasteiger partial charge is 0.378 e. The maximum absolute atomic E-state index is 12.7. The lowest BCUT2D eigenvalue weighted by molar-refractivity contribution is 0.0303. The molecule has 2 aromatic rings. The fraction of sp³-hybridized carbons (Fsp3) is 0.421. The van der Waals surface area contributed by atoms with Gasteiger partial charge in [-0.05, 0) is 24.6 Å². The van der Waals surface area contributed by atoms with Gasteiger partial charge in [-0.25, -0.2) is 0 Å². The van der Waals surface area contributed by atoms with Gasteiger partial charge in [-0.3, -0.25) is 14.7 Å². The smallest absolute Gasteiger partial charge is 0.276 e. The Bertz CT molecular complexity index is 870. The molecule has 8 heteroatoms. The maximum atomic E-state index is 12.7. The van der Waals surface area contributed by atoms with E-state index in [1.807, 2.05) is 13.0 Å². The van der Waals surface area contributed by atoms with E-state index in [2.05, 4.69) is 20.8 Å². The summed E-state index contributed by atoms with van der Waals surface area (Å²) in [5, 5.41) is 13.3. The standard InChI is InChI=1S/C19H23N5O3/c1-12-2-3-13(19(26)24-6-8-27-9-7-24)10-16(12)21-18(25)17-14-11-20-5-4-15(14)22-23-17/h2-3,10,20H,4-9,11H2,1H3,(H,21,25)(H,22,23). The van der Waals surface area contributed by atoms with Gasteiger partial charge in [0.25, 0.3) is 11.8 Å². The Hall–Kier alpha value is -2.71. The lowest BCUT2D eigenvalue weighted by atomic mass is 10.1.